The maximum atomic E-state index is 12.0. The molecule has 1 aromatic carbocycles. The molecule has 1 heterocycles. The lowest BCUT2D eigenvalue weighted by Crippen LogP contribution is -2.32. The zero-order valence-corrected chi connectivity index (χ0v) is 12.2. The monoisotopic (exact) mass is 305 g/mol. The van der Waals surface area contributed by atoms with E-state index in [1.54, 1.807) is 24.3 Å². The molecule has 0 aliphatic carbocycles. The number of nitrogens with one attached hydrogen (secondary N) is 2. The molecule has 1 amide bonds. The molecular weight excluding hydrogens is 290 g/mol. The van der Waals surface area contributed by atoms with E-state index in [9.17, 15) is 13.2 Å². The summed E-state index contributed by atoms with van der Waals surface area (Å²) in [6.07, 6.45) is 3.07. The summed E-state index contributed by atoms with van der Waals surface area (Å²) in [6.45, 7) is 1.53. The van der Waals surface area contributed by atoms with Crippen LogP contribution in [0.4, 0.5) is 5.69 Å². The number of sulfonamides is 1. The largest absolute Gasteiger partial charge is 0.325 e. The zero-order valence-electron chi connectivity index (χ0n) is 11.4. The Balaban J connectivity index is 1.95. The lowest BCUT2D eigenvalue weighted by Gasteiger charge is -2.08. The fourth-order valence-electron chi connectivity index (χ4n) is 1.60. The van der Waals surface area contributed by atoms with E-state index in [1.165, 1.54) is 24.5 Å². The Labute approximate surface area is 123 Å². The molecule has 2 aromatic rings. The van der Waals surface area contributed by atoms with Gasteiger partial charge in [0, 0.05) is 18.1 Å². The molecule has 0 bridgehead atoms. The topological polar surface area (TPSA) is 88.2 Å². The van der Waals surface area contributed by atoms with Gasteiger partial charge in [0.15, 0.2) is 0 Å². The van der Waals surface area contributed by atoms with Crippen LogP contribution >= 0.6 is 0 Å². The molecule has 0 atom stereocenters. The Morgan fingerprint density at radius 2 is 1.71 bits per heavy atom. The number of nitrogens with zero attached hydrogens (tertiary/aromatic N) is 1. The van der Waals surface area contributed by atoms with Crippen LogP contribution in [0.1, 0.15) is 5.56 Å². The summed E-state index contributed by atoms with van der Waals surface area (Å²) in [5, 5.41) is 2.57. The van der Waals surface area contributed by atoms with Crippen molar-refractivity contribution < 1.29 is 13.2 Å². The van der Waals surface area contributed by atoms with Crippen LogP contribution in [0.3, 0.4) is 0 Å². The standard InChI is InChI=1S/C14H15N3O3S/c1-11-2-4-13(5-3-11)21(19,20)16-10-14(18)17-12-6-8-15-9-7-12/h2-9,16H,10H2,1H3,(H,15,17,18). The highest BCUT2D eigenvalue weighted by Crippen LogP contribution is 2.09. The van der Waals surface area contributed by atoms with E-state index in [4.69, 9.17) is 0 Å². The van der Waals surface area contributed by atoms with Crippen LogP contribution in [-0.2, 0) is 14.8 Å². The Bertz CT molecular complexity index is 713. The summed E-state index contributed by atoms with van der Waals surface area (Å²) in [6, 6.07) is 9.63. The molecule has 0 radical (unpaired) electrons. The van der Waals surface area contributed by atoms with Crippen molar-refractivity contribution >= 4 is 21.6 Å². The number of carbonyl (C=O) groups excluding carboxylic acids is 1. The lowest BCUT2D eigenvalue weighted by molar-refractivity contribution is -0.115. The van der Waals surface area contributed by atoms with Gasteiger partial charge in [0.2, 0.25) is 15.9 Å². The minimum absolute atomic E-state index is 0.129. The summed E-state index contributed by atoms with van der Waals surface area (Å²) in [7, 11) is -3.69. The van der Waals surface area contributed by atoms with Crippen molar-refractivity contribution in [3.05, 3.63) is 54.4 Å². The molecule has 21 heavy (non-hydrogen) atoms. The maximum absolute atomic E-state index is 12.0. The molecule has 0 aliphatic rings. The summed E-state index contributed by atoms with van der Waals surface area (Å²) < 4.78 is 26.3. The second-order valence-electron chi connectivity index (χ2n) is 4.42. The molecule has 6 nitrogen and oxygen atoms in total. The summed E-state index contributed by atoms with van der Waals surface area (Å²) in [4.78, 5) is 15.6. The number of aryl methyl sites for hydroxylation is 1. The Morgan fingerprint density at radius 1 is 1.10 bits per heavy atom. The second-order valence-corrected chi connectivity index (χ2v) is 6.19. The quantitative estimate of drug-likeness (QED) is 0.871. The molecule has 0 unspecified atom stereocenters. The van der Waals surface area contributed by atoms with Crippen molar-refractivity contribution in [2.24, 2.45) is 0 Å². The van der Waals surface area contributed by atoms with E-state index in [0.29, 0.717) is 5.69 Å². The minimum Gasteiger partial charge on any atom is -0.325 e. The molecule has 0 aliphatic heterocycles. The van der Waals surface area contributed by atoms with Crippen LogP contribution < -0.4 is 10.0 Å². The fraction of sp³-hybridized carbons (Fsp3) is 0.143. The summed E-state index contributed by atoms with van der Waals surface area (Å²) in [5.41, 5.74) is 1.52. The second kappa shape index (κ2) is 6.47. The first-order valence-corrected chi connectivity index (χ1v) is 7.72. The van der Waals surface area contributed by atoms with Crippen molar-refractivity contribution in [2.45, 2.75) is 11.8 Å². The number of rotatable bonds is 5. The highest BCUT2D eigenvalue weighted by atomic mass is 32.2. The lowest BCUT2D eigenvalue weighted by atomic mass is 10.2. The van der Waals surface area contributed by atoms with Crippen LogP contribution in [0.25, 0.3) is 0 Å². The molecule has 2 N–H and O–H groups in total. The van der Waals surface area contributed by atoms with E-state index in [-0.39, 0.29) is 11.4 Å². The van der Waals surface area contributed by atoms with Crippen molar-refractivity contribution in [2.75, 3.05) is 11.9 Å². The highest BCUT2D eigenvalue weighted by molar-refractivity contribution is 7.89. The summed E-state index contributed by atoms with van der Waals surface area (Å²) in [5.74, 6) is -0.447. The predicted molar refractivity (Wildman–Crippen MR) is 79.2 cm³/mol. The number of carbonyl (C=O) groups is 1. The molecule has 0 fully saturated rings. The van der Waals surface area contributed by atoms with Crippen LogP contribution in [0.15, 0.2) is 53.7 Å². The molecule has 2 rings (SSSR count). The van der Waals surface area contributed by atoms with Crippen LogP contribution in [0, 0.1) is 6.92 Å². The van der Waals surface area contributed by atoms with Crippen LogP contribution in [0.5, 0.6) is 0 Å². The number of hydrogen-bond donors (Lipinski definition) is 2. The van der Waals surface area contributed by atoms with Gasteiger partial charge in [-0.2, -0.15) is 0 Å². The first-order chi connectivity index (χ1) is 9.97. The van der Waals surface area contributed by atoms with Gasteiger partial charge in [-0.25, -0.2) is 13.1 Å². The van der Waals surface area contributed by atoms with Gasteiger partial charge in [-0.3, -0.25) is 9.78 Å². The number of pyridine rings is 1. The Hall–Kier alpha value is -2.25. The third-order valence-corrected chi connectivity index (χ3v) is 4.14. The van der Waals surface area contributed by atoms with Crippen molar-refractivity contribution in [3.63, 3.8) is 0 Å². The molecule has 0 saturated carbocycles. The third-order valence-electron chi connectivity index (χ3n) is 2.72. The average Bonchev–Trinajstić information content (AvgIpc) is 2.47. The van der Waals surface area contributed by atoms with Gasteiger partial charge in [0.25, 0.3) is 0 Å². The average molecular weight is 305 g/mol. The van der Waals surface area contributed by atoms with E-state index < -0.39 is 15.9 Å². The number of hydrogen-bond acceptors (Lipinski definition) is 4. The number of anilines is 1. The Kier molecular flexibility index (Phi) is 4.66. The highest BCUT2D eigenvalue weighted by Gasteiger charge is 2.15. The SMILES string of the molecule is Cc1ccc(S(=O)(=O)NCC(=O)Nc2ccncc2)cc1. The van der Waals surface area contributed by atoms with Crippen LogP contribution in [-0.4, -0.2) is 25.9 Å². The van der Waals surface area contributed by atoms with Gasteiger partial charge < -0.3 is 5.32 Å². The maximum Gasteiger partial charge on any atom is 0.241 e. The smallest absolute Gasteiger partial charge is 0.241 e. The molecule has 1 aromatic heterocycles. The predicted octanol–water partition coefficient (Wildman–Crippen LogP) is 1.31. The van der Waals surface area contributed by atoms with Gasteiger partial charge in [-0.1, -0.05) is 17.7 Å². The fourth-order valence-corrected chi connectivity index (χ4v) is 2.58. The molecule has 0 spiro atoms. The molecule has 7 heteroatoms. The molecular formula is C14H15N3O3S. The van der Waals surface area contributed by atoms with Gasteiger partial charge in [-0.05, 0) is 31.2 Å². The van der Waals surface area contributed by atoms with Gasteiger partial charge in [-0.15, -0.1) is 0 Å². The first kappa shape index (κ1) is 15.1. The van der Waals surface area contributed by atoms with Crippen molar-refractivity contribution in [3.8, 4) is 0 Å². The van der Waals surface area contributed by atoms with Crippen LogP contribution in [0.2, 0.25) is 0 Å². The van der Waals surface area contributed by atoms with Crippen molar-refractivity contribution in [1.82, 2.24) is 9.71 Å². The van der Waals surface area contributed by atoms with Crippen molar-refractivity contribution in [1.29, 1.82) is 0 Å². The van der Waals surface area contributed by atoms with E-state index in [1.807, 2.05) is 6.92 Å². The first-order valence-electron chi connectivity index (χ1n) is 6.23. The van der Waals surface area contributed by atoms with Gasteiger partial charge >= 0.3 is 0 Å². The van der Waals surface area contributed by atoms with E-state index >= 15 is 0 Å². The summed E-state index contributed by atoms with van der Waals surface area (Å²) >= 11 is 0. The molecule has 0 saturated heterocycles. The molecule has 110 valence electrons. The third kappa shape index (κ3) is 4.37. The number of aromatic nitrogens is 1. The Morgan fingerprint density at radius 3 is 2.33 bits per heavy atom. The number of benzene rings is 1. The van der Waals surface area contributed by atoms with E-state index in [2.05, 4.69) is 15.0 Å². The van der Waals surface area contributed by atoms with Gasteiger partial charge in [0.05, 0.1) is 11.4 Å². The zero-order chi connectivity index (χ0) is 15.3. The normalized spacial score (nSPS) is 11.1. The van der Waals surface area contributed by atoms with Gasteiger partial charge in [0.1, 0.15) is 0 Å². The number of amides is 1. The van der Waals surface area contributed by atoms with E-state index in [0.717, 1.165) is 5.56 Å². The minimum atomic E-state index is -3.69.